The molecule has 0 aliphatic rings. The van der Waals surface area contributed by atoms with Crippen LogP contribution >= 0.6 is 11.8 Å². The van der Waals surface area contributed by atoms with Gasteiger partial charge in [-0.15, -0.1) is 0 Å². The smallest absolute Gasteiger partial charge is 0.0704 e. The Labute approximate surface area is 106 Å². The highest BCUT2D eigenvalue weighted by atomic mass is 32.2. The molecule has 1 aromatic carbocycles. The van der Waals surface area contributed by atoms with Crippen LogP contribution in [0.4, 0.5) is 0 Å². The maximum atomic E-state index is 9.95. The topological polar surface area (TPSA) is 33.1 Å². The van der Waals surface area contributed by atoms with E-state index >= 15 is 0 Å². The Morgan fingerprint density at radius 1 is 1.29 bits per heavy atom. The van der Waals surface area contributed by atoms with Gasteiger partial charge in [0.05, 0.1) is 11.6 Å². The summed E-state index contributed by atoms with van der Waals surface area (Å²) in [6.45, 7) is 2.11. The zero-order valence-corrected chi connectivity index (χ0v) is 10.8. The van der Waals surface area contributed by atoms with Gasteiger partial charge < -0.3 is 5.11 Å². The van der Waals surface area contributed by atoms with Crippen molar-refractivity contribution in [3.63, 3.8) is 0 Å². The fourth-order valence-electron chi connectivity index (χ4n) is 1.90. The molecule has 0 saturated carbocycles. The van der Waals surface area contributed by atoms with E-state index in [1.807, 2.05) is 30.5 Å². The number of rotatable bonds is 5. The van der Waals surface area contributed by atoms with Crippen molar-refractivity contribution >= 4 is 22.7 Å². The first kappa shape index (κ1) is 12.4. The van der Waals surface area contributed by atoms with Gasteiger partial charge in [0.2, 0.25) is 0 Å². The van der Waals surface area contributed by atoms with E-state index in [0.29, 0.717) is 6.42 Å². The lowest BCUT2D eigenvalue weighted by Crippen LogP contribution is -2.14. The lowest BCUT2D eigenvalue weighted by molar-refractivity contribution is 0.200. The standard InChI is InChI=1S/C14H17NOS/c1-2-17-10-12(16)9-11-7-8-15-14-6-4-3-5-13(11)14/h3-8,12,16H,2,9-10H2,1H3. The van der Waals surface area contributed by atoms with Crippen LogP contribution < -0.4 is 0 Å². The zero-order valence-electron chi connectivity index (χ0n) is 9.97. The number of aromatic nitrogens is 1. The summed E-state index contributed by atoms with van der Waals surface area (Å²) in [6.07, 6.45) is 2.25. The van der Waals surface area contributed by atoms with E-state index in [1.165, 1.54) is 5.56 Å². The molecular weight excluding hydrogens is 230 g/mol. The fraction of sp³-hybridized carbons (Fsp3) is 0.357. The second kappa shape index (κ2) is 6.03. The van der Waals surface area contributed by atoms with Gasteiger partial charge in [0, 0.05) is 17.3 Å². The molecular formula is C14H17NOS. The Hall–Kier alpha value is -1.06. The average Bonchev–Trinajstić information content (AvgIpc) is 2.37. The van der Waals surface area contributed by atoms with Gasteiger partial charge in [-0.1, -0.05) is 25.1 Å². The summed E-state index contributed by atoms with van der Waals surface area (Å²) >= 11 is 1.78. The summed E-state index contributed by atoms with van der Waals surface area (Å²) in [5, 5.41) is 11.1. The van der Waals surface area contributed by atoms with E-state index in [1.54, 1.807) is 11.8 Å². The third-order valence-corrected chi connectivity index (χ3v) is 3.74. The summed E-state index contributed by atoms with van der Waals surface area (Å²) in [5.41, 5.74) is 2.18. The fourth-order valence-corrected chi connectivity index (χ4v) is 2.53. The third kappa shape index (κ3) is 3.20. The van der Waals surface area contributed by atoms with Crippen molar-refractivity contribution < 1.29 is 5.11 Å². The molecule has 90 valence electrons. The van der Waals surface area contributed by atoms with E-state index in [0.717, 1.165) is 22.4 Å². The molecule has 2 nitrogen and oxygen atoms in total. The van der Waals surface area contributed by atoms with E-state index in [4.69, 9.17) is 0 Å². The minimum atomic E-state index is -0.272. The summed E-state index contributed by atoms with van der Waals surface area (Å²) in [7, 11) is 0. The summed E-state index contributed by atoms with van der Waals surface area (Å²) in [5.74, 6) is 1.85. The molecule has 2 aromatic rings. The predicted molar refractivity (Wildman–Crippen MR) is 74.5 cm³/mol. The van der Waals surface area contributed by atoms with Gasteiger partial charge in [-0.2, -0.15) is 11.8 Å². The minimum Gasteiger partial charge on any atom is -0.392 e. The van der Waals surface area contributed by atoms with Crippen LogP contribution in [0.5, 0.6) is 0 Å². The molecule has 0 fully saturated rings. The number of nitrogens with zero attached hydrogens (tertiary/aromatic N) is 1. The molecule has 17 heavy (non-hydrogen) atoms. The number of thioether (sulfide) groups is 1. The number of hydrogen-bond donors (Lipinski definition) is 1. The van der Waals surface area contributed by atoms with Gasteiger partial charge >= 0.3 is 0 Å². The van der Waals surface area contributed by atoms with Crippen molar-refractivity contribution in [1.29, 1.82) is 0 Å². The Kier molecular flexibility index (Phi) is 4.40. The number of para-hydroxylation sites is 1. The van der Waals surface area contributed by atoms with Crippen LogP contribution in [-0.2, 0) is 6.42 Å². The Morgan fingerprint density at radius 2 is 2.12 bits per heavy atom. The number of benzene rings is 1. The van der Waals surface area contributed by atoms with Gasteiger partial charge in [0.15, 0.2) is 0 Å². The van der Waals surface area contributed by atoms with Gasteiger partial charge in [-0.05, 0) is 29.9 Å². The predicted octanol–water partition coefficient (Wildman–Crippen LogP) is 2.89. The van der Waals surface area contributed by atoms with E-state index in [2.05, 4.69) is 18.0 Å². The van der Waals surface area contributed by atoms with Gasteiger partial charge in [-0.25, -0.2) is 0 Å². The first-order chi connectivity index (χ1) is 8.31. The molecule has 2 rings (SSSR count). The van der Waals surface area contributed by atoms with Crippen LogP contribution in [0.3, 0.4) is 0 Å². The summed E-state index contributed by atoms with van der Waals surface area (Å²) < 4.78 is 0. The quantitative estimate of drug-likeness (QED) is 0.882. The number of aliphatic hydroxyl groups is 1. The second-order valence-electron chi connectivity index (χ2n) is 4.00. The van der Waals surface area contributed by atoms with Gasteiger partial charge in [0.25, 0.3) is 0 Å². The molecule has 1 unspecified atom stereocenters. The van der Waals surface area contributed by atoms with Crippen LogP contribution in [0.2, 0.25) is 0 Å². The zero-order chi connectivity index (χ0) is 12.1. The Morgan fingerprint density at radius 3 is 2.94 bits per heavy atom. The molecule has 1 aromatic heterocycles. The van der Waals surface area contributed by atoms with Crippen LogP contribution in [-0.4, -0.2) is 27.7 Å². The normalized spacial score (nSPS) is 12.8. The highest BCUT2D eigenvalue weighted by Gasteiger charge is 2.08. The van der Waals surface area contributed by atoms with Crippen molar-refractivity contribution in [3.8, 4) is 0 Å². The monoisotopic (exact) mass is 247 g/mol. The Balaban J connectivity index is 2.18. The van der Waals surface area contributed by atoms with Gasteiger partial charge in [0.1, 0.15) is 0 Å². The average molecular weight is 247 g/mol. The molecule has 1 heterocycles. The van der Waals surface area contributed by atoms with Crippen LogP contribution in [0.15, 0.2) is 36.5 Å². The number of aliphatic hydroxyl groups excluding tert-OH is 1. The largest absolute Gasteiger partial charge is 0.392 e. The van der Waals surface area contributed by atoms with Crippen molar-refractivity contribution in [2.24, 2.45) is 0 Å². The second-order valence-corrected chi connectivity index (χ2v) is 5.32. The van der Waals surface area contributed by atoms with Crippen molar-refractivity contribution in [2.75, 3.05) is 11.5 Å². The van der Waals surface area contributed by atoms with Gasteiger partial charge in [-0.3, -0.25) is 4.98 Å². The summed E-state index contributed by atoms with van der Waals surface area (Å²) in [4.78, 5) is 4.32. The van der Waals surface area contributed by atoms with Crippen molar-refractivity contribution in [1.82, 2.24) is 4.98 Å². The summed E-state index contributed by atoms with van der Waals surface area (Å²) in [6, 6.07) is 10.1. The molecule has 0 amide bonds. The van der Waals surface area contributed by atoms with E-state index in [-0.39, 0.29) is 6.10 Å². The molecule has 0 saturated heterocycles. The SMILES string of the molecule is CCSCC(O)Cc1ccnc2ccccc12. The molecule has 1 atom stereocenters. The van der Waals surface area contributed by atoms with E-state index in [9.17, 15) is 5.11 Å². The Bertz CT molecular complexity index is 481. The third-order valence-electron chi connectivity index (χ3n) is 2.71. The first-order valence-corrected chi connectivity index (χ1v) is 7.05. The lowest BCUT2D eigenvalue weighted by Gasteiger charge is -2.11. The highest BCUT2D eigenvalue weighted by Crippen LogP contribution is 2.18. The molecule has 0 aliphatic heterocycles. The first-order valence-electron chi connectivity index (χ1n) is 5.89. The van der Waals surface area contributed by atoms with Crippen LogP contribution in [0.25, 0.3) is 10.9 Å². The number of pyridine rings is 1. The molecule has 1 N–H and O–H groups in total. The molecule has 0 spiro atoms. The van der Waals surface area contributed by atoms with Crippen LogP contribution in [0.1, 0.15) is 12.5 Å². The molecule has 3 heteroatoms. The number of fused-ring (bicyclic) bond motifs is 1. The lowest BCUT2D eigenvalue weighted by atomic mass is 10.0. The minimum absolute atomic E-state index is 0.272. The maximum absolute atomic E-state index is 9.95. The van der Waals surface area contributed by atoms with Crippen LogP contribution in [0, 0.1) is 0 Å². The molecule has 0 aliphatic carbocycles. The molecule has 0 radical (unpaired) electrons. The highest BCUT2D eigenvalue weighted by molar-refractivity contribution is 7.99. The number of hydrogen-bond acceptors (Lipinski definition) is 3. The van der Waals surface area contributed by atoms with Crippen molar-refractivity contribution in [3.05, 3.63) is 42.1 Å². The van der Waals surface area contributed by atoms with E-state index < -0.39 is 0 Å². The van der Waals surface area contributed by atoms with Crippen molar-refractivity contribution in [2.45, 2.75) is 19.4 Å². The molecule has 0 bridgehead atoms. The maximum Gasteiger partial charge on any atom is 0.0704 e.